The van der Waals surface area contributed by atoms with E-state index in [2.05, 4.69) is 5.32 Å². The minimum atomic E-state index is -0.825. The molecule has 0 aromatic carbocycles. The summed E-state index contributed by atoms with van der Waals surface area (Å²) in [5, 5.41) is 28.5. The molecular weight excluding hydrogens is 210 g/mol. The van der Waals surface area contributed by atoms with Gasteiger partial charge in [-0.25, -0.2) is 0 Å². The molecule has 1 amide bonds. The van der Waals surface area contributed by atoms with Gasteiger partial charge < -0.3 is 9.52 Å². The number of furan rings is 1. The minimum absolute atomic E-state index is 0.0542. The fourth-order valence-corrected chi connectivity index (χ4v) is 0.956. The zero-order valence-electron chi connectivity index (χ0n) is 8.31. The summed E-state index contributed by atoms with van der Waals surface area (Å²) in [7, 11) is 0. The average Bonchev–Trinajstić information content (AvgIpc) is 2.65. The summed E-state index contributed by atoms with van der Waals surface area (Å²) in [5.74, 6) is -1.28. The van der Waals surface area contributed by atoms with E-state index in [1.807, 2.05) is 0 Å². The Morgan fingerprint density at radius 3 is 2.75 bits per heavy atom. The van der Waals surface area contributed by atoms with E-state index in [0.29, 0.717) is 0 Å². The molecule has 0 atom stereocenters. The van der Waals surface area contributed by atoms with Crippen molar-refractivity contribution < 1.29 is 14.3 Å². The summed E-state index contributed by atoms with van der Waals surface area (Å²) < 4.78 is 4.83. The van der Waals surface area contributed by atoms with Crippen LogP contribution < -0.4 is 5.32 Å². The highest BCUT2D eigenvalue weighted by Gasteiger charge is 2.16. The fraction of sp³-hybridized carbons (Fsp3) is 0.100. The molecule has 0 radical (unpaired) electrons. The maximum atomic E-state index is 11.4. The summed E-state index contributed by atoms with van der Waals surface area (Å²) in [6.45, 7) is 1.21. The first-order valence-electron chi connectivity index (χ1n) is 4.19. The highest BCUT2D eigenvalue weighted by Crippen LogP contribution is 2.16. The van der Waals surface area contributed by atoms with Gasteiger partial charge in [-0.05, 0) is 13.0 Å². The Balaban J connectivity index is 2.94. The molecular formula is C10H7N3O3. The monoisotopic (exact) mass is 217 g/mol. The summed E-state index contributed by atoms with van der Waals surface area (Å²) in [6.07, 6.45) is 1.23. The number of hydrogen-bond acceptors (Lipinski definition) is 5. The largest absolute Gasteiger partial charge is 0.511 e. The van der Waals surface area contributed by atoms with E-state index in [9.17, 15) is 4.79 Å². The van der Waals surface area contributed by atoms with Crippen LogP contribution in [0.4, 0.5) is 5.88 Å². The van der Waals surface area contributed by atoms with Crippen molar-refractivity contribution >= 4 is 11.8 Å². The molecule has 2 N–H and O–H groups in total. The number of allylic oxidation sites excluding steroid dienone is 1. The van der Waals surface area contributed by atoms with Gasteiger partial charge in [-0.3, -0.25) is 10.1 Å². The van der Waals surface area contributed by atoms with Crippen molar-refractivity contribution in [2.45, 2.75) is 6.92 Å². The van der Waals surface area contributed by atoms with Crippen LogP contribution in [-0.4, -0.2) is 11.0 Å². The van der Waals surface area contributed by atoms with Crippen LogP contribution in [0.1, 0.15) is 12.5 Å². The number of amides is 1. The van der Waals surface area contributed by atoms with Crippen molar-refractivity contribution in [3.63, 3.8) is 0 Å². The van der Waals surface area contributed by atoms with Gasteiger partial charge in [0, 0.05) is 0 Å². The molecule has 0 unspecified atom stereocenters. The third-order valence-corrected chi connectivity index (χ3v) is 1.71. The number of nitriles is 2. The normalized spacial score (nSPS) is 10.9. The van der Waals surface area contributed by atoms with E-state index < -0.39 is 17.2 Å². The van der Waals surface area contributed by atoms with E-state index in [4.69, 9.17) is 20.0 Å². The summed E-state index contributed by atoms with van der Waals surface area (Å²) in [6, 6.07) is 4.71. The standard InChI is InChI=1S/C10H7N3O3/c1-6(14)8(5-12)9(15)13-10-7(4-11)2-3-16-10/h2-3,14H,1H3,(H,13,15). The molecule has 6 heteroatoms. The molecule has 1 aromatic rings. The molecule has 0 aliphatic carbocycles. The van der Waals surface area contributed by atoms with Crippen molar-refractivity contribution in [2.75, 3.05) is 5.32 Å². The SMILES string of the molecule is CC(O)=C(C#N)C(=O)Nc1occc1C#N. The van der Waals surface area contributed by atoms with Gasteiger partial charge in [0.25, 0.3) is 5.91 Å². The number of nitrogens with zero attached hydrogens (tertiary/aromatic N) is 2. The number of hydrogen-bond donors (Lipinski definition) is 2. The third kappa shape index (κ3) is 2.20. The van der Waals surface area contributed by atoms with Crippen LogP contribution in [0, 0.1) is 22.7 Å². The van der Waals surface area contributed by atoms with Gasteiger partial charge in [-0.2, -0.15) is 10.5 Å². The van der Waals surface area contributed by atoms with Gasteiger partial charge in [0.15, 0.2) is 5.57 Å². The van der Waals surface area contributed by atoms with Crippen molar-refractivity contribution in [2.24, 2.45) is 0 Å². The number of carbonyl (C=O) groups is 1. The van der Waals surface area contributed by atoms with Gasteiger partial charge in [0.1, 0.15) is 23.5 Å². The third-order valence-electron chi connectivity index (χ3n) is 1.71. The van der Waals surface area contributed by atoms with Crippen LogP contribution in [0.15, 0.2) is 28.1 Å². The Bertz CT molecular complexity index is 524. The molecule has 80 valence electrons. The van der Waals surface area contributed by atoms with E-state index in [-0.39, 0.29) is 11.4 Å². The predicted molar refractivity (Wildman–Crippen MR) is 53.0 cm³/mol. The Morgan fingerprint density at radius 2 is 2.25 bits per heavy atom. The molecule has 0 saturated carbocycles. The molecule has 1 heterocycles. The van der Waals surface area contributed by atoms with E-state index in [1.165, 1.54) is 19.3 Å². The number of nitrogens with one attached hydrogen (secondary N) is 1. The smallest absolute Gasteiger partial charge is 0.272 e. The van der Waals surface area contributed by atoms with Crippen molar-refractivity contribution in [3.8, 4) is 12.1 Å². The van der Waals surface area contributed by atoms with Gasteiger partial charge in [0.05, 0.1) is 6.26 Å². The number of aliphatic hydroxyl groups excluding tert-OH is 1. The maximum absolute atomic E-state index is 11.4. The number of carbonyl (C=O) groups excluding carboxylic acids is 1. The second-order valence-electron chi connectivity index (χ2n) is 2.80. The van der Waals surface area contributed by atoms with Crippen LogP contribution in [-0.2, 0) is 4.79 Å². The molecule has 1 rings (SSSR count). The fourth-order valence-electron chi connectivity index (χ4n) is 0.956. The second-order valence-corrected chi connectivity index (χ2v) is 2.80. The van der Waals surface area contributed by atoms with Crippen molar-refractivity contribution in [1.82, 2.24) is 0 Å². The Morgan fingerprint density at radius 1 is 1.56 bits per heavy atom. The molecule has 0 spiro atoms. The molecule has 6 nitrogen and oxygen atoms in total. The summed E-state index contributed by atoms with van der Waals surface area (Å²) >= 11 is 0. The van der Waals surface area contributed by atoms with Crippen molar-refractivity contribution in [3.05, 3.63) is 29.2 Å². The minimum Gasteiger partial charge on any atom is -0.511 e. The number of aliphatic hydroxyl groups is 1. The summed E-state index contributed by atoms with van der Waals surface area (Å²) in [4.78, 5) is 11.4. The van der Waals surface area contributed by atoms with Crippen LogP contribution in [0.25, 0.3) is 0 Å². The lowest BCUT2D eigenvalue weighted by Gasteiger charge is -2.01. The van der Waals surface area contributed by atoms with Crippen LogP contribution in [0.5, 0.6) is 0 Å². The van der Waals surface area contributed by atoms with Gasteiger partial charge >= 0.3 is 0 Å². The van der Waals surface area contributed by atoms with Crippen LogP contribution >= 0.6 is 0 Å². The number of rotatable bonds is 2. The predicted octanol–water partition coefficient (Wildman–Crippen LogP) is 1.45. The van der Waals surface area contributed by atoms with E-state index in [1.54, 1.807) is 12.1 Å². The first-order valence-corrected chi connectivity index (χ1v) is 4.19. The first-order chi connectivity index (χ1) is 7.60. The average molecular weight is 217 g/mol. The quantitative estimate of drug-likeness (QED) is 0.442. The highest BCUT2D eigenvalue weighted by atomic mass is 16.3. The van der Waals surface area contributed by atoms with Crippen LogP contribution in [0.3, 0.4) is 0 Å². The zero-order valence-corrected chi connectivity index (χ0v) is 8.31. The highest BCUT2D eigenvalue weighted by molar-refractivity contribution is 6.06. The molecule has 0 aliphatic heterocycles. The van der Waals surface area contributed by atoms with E-state index >= 15 is 0 Å². The summed E-state index contributed by atoms with van der Waals surface area (Å²) in [5.41, 5.74) is -0.290. The lowest BCUT2D eigenvalue weighted by Crippen LogP contribution is -2.15. The van der Waals surface area contributed by atoms with Crippen molar-refractivity contribution in [1.29, 1.82) is 10.5 Å². The molecule has 0 saturated heterocycles. The second kappa shape index (κ2) is 4.67. The molecule has 0 aliphatic rings. The first kappa shape index (κ1) is 11.3. The Labute approximate surface area is 91.0 Å². The lowest BCUT2D eigenvalue weighted by atomic mass is 10.2. The topological polar surface area (TPSA) is 110 Å². The Kier molecular flexibility index (Phi) is 3.31. The molecule has 0 fully saturated rings. The van der Waals surface area contributed by atoms with E-state index in [0.717, 1.165) is 0 Å². The van der Waals surface area contributed by atoms with Gasteiger partial charge in [-0.1, -0.05) is 0 Å². The molecule has 1 aromatic heterocycles. The molecule has 16 heavy (non-hydrogen) atoms. The number of anilines is 1. The lowest BCUT2D eigenvalue weighted by molar-refractivity contribution is -0.112. The zero-order chi connectivity index (χ0) is 12.1. The van der Waals surface area contributed by atoms with Crippen LogP contribution in [0.2, 0.25) is 0 Å². The van der Waals surface area contributed by atoms with Gasteiger partial charge in [-0.15, -0.1) is 0 Å². The molecule has 0 bridgehead atoms. The maximum Gasteiger partial charge on any atom is 0.272 e. The Hall–Kier alpha value is -2.73. The van der Waals surface area contributed by atoms with Gasteiger partial charge in [0.2, 0.25) is 5.88 Å².